The van der Waals surface area contributed by atoms with Gasteiger partial charge in [-0.3, -0.25) is 4.79 Å². The molecule has 1 heterocycles. The molecule has 0 radical (unpaired) electrons. The molecule has 0 unspecified atom stereocenters. The zero-order valence-electron chi connectivity index (χ0n) is 17.2. The number of ether oxygens (including phenoxy) is 1. The maximum atomic E-state index is 12.5. The average Bonchev–Trinajstić information content (AvgIpc) is 2.72. The predicted octanol–water partition coefficient (Wildman–Crippen LogP) is 5.04. The maximum absolute atomic E-state index is 12.5. The molecule has 3 rings (SSSR count). The Labute approximate surface area is 170 Å². The number of carbonyl (C=O) groups is 1. The van der Waals surface area contributed by atoms with Crippen molar-refractivity contribution in [3.8, 4) is 5.75 Å². The van der Waals surface area contributed by atoms with Crippen molar-refractivity contribution in [2.24, 2.45) is 0 Å². The highest BCUT2D eigenvalue weighted by Crippen LogP contribution is 2.33. The van der Waals surface area contributed by atoms with Crippen LogP contribution in [0.1, 0.15) is 25.8 Å². The van der Waals surface area contributed by atoms with Crippen LogP contribution in [0.15, 0.2) is 69.4 Å². The highest BCUT2D eigenvalue weighted by Gasteiger charge is 2.15. The van der Waals surface area contributed by atoms with Crippen molar-refractivity contribution in [1.29, 1.82) is 0 Å². The molecule has 0 atom stereocenters. The van der Waals surface area contributed by atoms with E-state index in [0.29, 0.717) is 11.3 Å². The molecule has 0 aliphatic carbocycles. The Balaban J connectivity index is 2.03. The summed E-state index contributed by atoms with van der Waals surface area (Å²) < 4.78 is 10.8. The van der Waals surface area contributed by atoms with E-state index in [1.807, 2.05) is 68.3 Å². The average molecular weight is 391 g/mol. The third kappa shape index (κ3) is 4.40. The smallest absolute Gasteiger partial charge is 0.338 e. The summed E-state index contributed by atoms with van der Waals surface area (Å²) in [6.07, 6.45) is 3.01. The number of Topliss-reactive ketones (excluding diaryl/α,β-unsaturated/α-hetero) is 1. The lowest BCUT2D eigenvalue weighted by Gasteiger charge is -2.22. The summed E-state index contributed by atoms with van der Waals surface area (Å²) in [5.41, 5.74) is 3.27. The number of para-hydroxylation sites is 1. The summed E-state index contributed by atoms with van der Waals surface area (Å²) in [7, 11) is 3.48. The molecule has 150 valence electrons. The standard InChI is InChI=1S/C24H25NO4/c1-5-8-16(2)21(26)14-17-13-18(11-12-22(17)28-4)25(3)20-15-24(27)29-23-10-7-6-9-19(20)23/h6-13,15H,5,14H2,1-4H3/b16-8+. The van der Waals surface area contributed by atoms with Crippen molar-refractivity contribution >= 4 is 28.1 Å². The monoisotopic (exact) mass is 391 g/mol. The Bertz CT molecular complexity index is 1130. The summed E-state index contributed by atoms with van der Waals surface area (Å²) >= 11 is 0. The molecule has 0 aliphatic rings. The molecule has 0 N–H and O–H groups in total. The lowest BCUT2D eigenvalue weighted by Crippen LogP contribution is -2.14. The second-order valence-electron chi connectivity index (χ2n) is 6.90. The van der Waals surface area contributed by atoms with Crippen molar-refractivity contribution in [2.75, 3.05) is 19.1 Å². The fraction of sp³-hybridized carbons (Fsp3) is 0.250. The molecule has 5 heteroatoms. The van der Waals surface area contributed by atoms with Crippen molar-refractivity contribution in [3.05, 3.63) is 76.2 Å². The molecular formula is C24H25NO4. The van der Waals surface area contributed by atoms with Crippen LogP contribution in [0.2, 0.25) is 0 Å². The van der Waals surface area contributed by atoms with Gasteiger partial charge in [-0.05, 0) is 49.2 Å². The molecular weight excluding hydrogens is 366 g/mol. The van der Waals surface area contributed by atoms with E-state index in [9.17, 15) is 9.59 Å². The van der Waals surface area contributed by atoms with Gasteiger partial charge in [0.1, 0.15) is 11.3 Å². The summed E-state index contributed by atoms with van der Waals surface area (Å²) in [6, 6.07) is 14.6. The molecule has 1 aromatic heterocycles. The van der Waals surface area contributed by atoms with E-state index in [0.717, 1.165) is 34.3 Å². The van der Waals surface area contributed by atoms with E-state index in [1.54, 1.807) is 13.2 Å². The Morgan fingerprint density at radius 2 is 1.93 bits per heavy atom. The number of nitrogens with zero attached hydrogens (tertiary/aromatic N) is 1. The van der Waals surface area contributed by atoms with Crippen LogP contribution in [0, 0.1) is 0 Å². The van der Waals surface area contributed by atoms with Crippen molar-refractivity contribution in [3.63, 3.8) is 0 Å². The highest BCUT2D eigenvalue weighted by atomic mass is 16.5. The van der Waals surface area contributed by atoms with Gasteiger partial charge in [0.05, 0.1) is 12.8 Å². The number of anilines is 2. The van der Waals surface area contributed by atoms with Gasteiger partial charge in [0.25, 0.3) is 0 Å². The van der Waals surface area contributed by atoms with Gasteiger partial charge in [-0.15, -0.1) is 0 Å². The van der Waals surface area contributed by atoms with Gasteiger partial charge in [0.2, 0.25) is 0 Å². The van der Waals surface area contributed by atoms with Gasteiger partial charge in [0, 0.05) is 36.2 Å². The van der Waals surface area contributed by atoms with Crippen LogP contribution in [0.5, 0.6) is 5.75 Å². The fourth-order valence-corrected chi connectivity index (χ4v) is 3.36. The zero-order chi connectivity index (χ0) is 21.0. The van der Waals surface area contributed by atoms with Crippen LogP contribution in [0.3, 0.4) is 0 Å². The first-order valence-corrected chi connectivity index (χ1v) is 9.58. The van der Waals surface area contributed by atoms with Crippen LogP contribution in [0.4, 0.5) is 11.4 Å². The van der Waals surface area contributed by atoms with Crippen LogP contribution in [-0.4, -0.2) is 19.9 Å². The van der Waals surface area contributed by atoms with E-state index < -0.39 is 5.63 Å². The number of methoxy groups -OCH3 is 1. The van der Waals surface area contributed by atoms with Crippen molar-refractivity contribution in [2.45, 2.75) is 26.7 Å². The molecule has 0 spiro atoms. The first-order chi connectivity index (χ1) is 13.9. The maximum Gasteiger partial charge on any atom is 0.338 e. The Hall–Kier alpha value is -3.34. The lowest BCUT2D eigenvalue weighted by molar-refractivity contribution is -0.114. The van der Waals surface area contributed by atoms with Gasteiger partial charge < -0.3 is 14.1 Å². The van der Waals surface area contributed by atoms with Crippen LogP contribution in [0.25, 0.3) is 11.0 Å². The van der Waals surface area contributed by atoms with Crippen LogP contribution in [-0.2, 0) is 11.2 Å². The molecule has 0 fully saturated rings. The third-order valence-electron chi connectivity index (χ3n) is 4.94. The minimum Gasteiger partial charge on any atom is -0.496 e. The van der Waals surface area contributed by atoms with E-state index in [-0.39, 0.29) is 12.2 Å². The summed E-state index contributed by atoms with van der Waals surface area (Å²) in [5.74, 6) is 0.730. The van der Waals surface area contributed by atoms with Gasteiger partial charge in [-0.2, -0.15) is 0 Å². The molecule has 0 bridgehead atoms. The topological polar surface area (TPSA) is 59.8 Å². The number of hydrogen-bond donors (Lipinski definition) is 0. The minimum absolute atomic E-state index is 0.0655. The number of benzene rings is 2. The van der Waals surface area contributed by atoms with Gasteiger partial charge >= 0.3 is 5.63 Å². The first-order valence-electron chi connectivity index (χ1n) is 9.58. The van der Waals surface area contributed by atoms with Crippen molar-refractivity contribution in [1.82, 2.24) is 0 Å². The second kappa shape index (κ2) is 8.78. The van der Waals surface area contributed by atoms with Gasteiger partial charge in [-0.25, -0.2) is 4.79 Å². The van der Waals surface area contributed by atoms with Crippen LogP contribution < -0.4 is 15.3 Å². The Morgan fingerprint density at radius 1 is 1.17 bits per heavy atom. The van der Waals surface area contributed by atoms with E-state index >= 15 is 0 Å². The lowest BCUT2D eigenvalue weighted by atomic mass is 10.0. The van der Waals surface area contributed by atoms with E-state index in [1.165, 1.54) is 6.07 Å². The SMILES string of the molecule is CC/C=C(\C)C(=O)Cc1cc(N(C)c2cc(=O)oc3ccccc23)ccc1OC. The van der Waals surface area contributed by atoms with Gasteiger partial charge in [0.15, 0.2) is 5.78 Å². The van der Waals surface area contributed by atoms with E-state index in [2.05, 4.69) is 0 Å². The first kappa shape index (κ1) is 20.4. The second-order valence-corrected chi connectivity index (χ2v) is 6.90. The largest absolute Gasteiger partial charge is 0.496 e. The molecule has 2 aromatic carbocycles. The molecule has 0 saturated heterocycles. The van der Waals surface area contributed by atoms with Crippen molar-refractivity contribution < 1.29 is 13.9 Å². The fourth-order valence-electron chi connectivity index (χ4n) is 3.36. The number of fused-ring (bicyclic) bond motifs is 1. The number of hydrogen-bond acceptors (Lipinski definition) is 5. The summed E-state index contributed by atoms with van der Waals surface area (Å²) in [5, 5.41) is 0.838. The highest BCUT2D eigenvalue weighted by molar-refractivity contribution is 5.97. The number of carbonyl (C=O) groups excluding carboxylic acids is 1. The number of allylic oxidation sites excluding steroid dienone is 2. The molecule has 5 nitrogen and oxygen atoms in total. The third-order valence-corrected chi connectivity index (χ3v) is 4.94. The van der Waals surface area contributed by atoms with Crippen LogP contribution >= 0.6 is 0 Å². The molecule has 0 saturated carbocycles. The number of ketones is 1. The van der Waals surface area contributed by atoms with Gasteiger partial charge in [-0.1, -0.05) is 25.1 Å². The quantitative estimate of drug-likeness (QED) is 0.417. The Kier molecular flexibility index (Phi) is 6.17. The minimum atomic E-state index is -0.408. The summed E-state index contributed by atoms with van der Waals surface area (Å²) in [6.45, 7) is 3.84. The molecule has 0 aliphatic heterocycles. The molecule has 29 heavy (non-hydrogen) atoms. The van der Waals surface area contributed by atoms with E-state index in [4.69, 9.17) is 9.15 Å². The summed E-state index contributed by atoms with van der Waals surface area (Å²) in [4.78, 5) is 26.5. The molecule has 0 amide bonds. The normalized spacial score (nSPS) is 11.5. The number of rotatable bonds is 7. The zero-order valence-corrected chi connectivity index (χ0v) is 17.2. The predicted molar refractivity (Wildman–Crippen MR) is 116 cm³/mol. The Morgan fingerprint density at radius 3 is 2.66 bits per heavy atom. The molecule has 3 aromatic rings.